The van der Waals surface area contributed by atoms with Crippen LogP contribution in [-0.4, -0.2) is 29.6 Å². The Morgan fingerprint density at radius 2 is 2.00 bits per heavy atom. The number of aliphatic hydroxyl groups is 1. The zero-order valence-electron chi connectivity index (χ0n) is 8.56. The fourth-order valence-corrected chi connectivity index (χ4v) is 1.64. The Kier molecular flexibility index (Phi) is 2.87. The molecule has 84 valence electrons. The van der Waals surface area contributed by atoms with Gasteiger partial charge in [0.1, 0.15) is 6.04 Å². The topological polar surface area (TPSA) is 78.4 Å². The van der Waals surface area contributed by atoms with Crippen molar-refractivity contribution in [2.24, 2.45) is 0 Å². The van der Waals surface area contributed by atoms with Crippen molar-refractivity contribution < 1.29 is 14.7 Å². The molecule has 1 unspecified atom stereocenters. The molecule has 1 aromatic rings. The van der Waals surface area contributed by atoms with Gasteiger partial charge in [-0.3, -0.25) is 9.59 Å². The lowest BCUT2D eigenvalue weighted by Gasteiger charge is -2.12. The van der Waals surface area contributed by atoms with Gasteiger partial charge in [-0.1, -0.05) is 12.1 Å². The number of anilines is 1. The molecule has 0 saturated heterocycles. The van der Waals surface area contributed by atoms with E-state index >= 15 is 0 Å². The van der Waals surface area contributed by atoms with E-state index in [1.165, 1.54) is 0 Å². The Bertz CT molecular complexity index is 431. The predicted octanol–water partition coefficient (Wildman–Crippen LogP) is 0.119. The first-order valence-corrected chi connectivity index (χ1v) is 5.04. The van der Waals surface area contributed by atoms with Crippen LogP contribution in [0.5, 0.6) is 0 Å². The normalized spacial score (nSPS) is 19.4. The van der Waals surface area contributed by atoms with Gasteiger partial charge in [0.05, 0.1) is 11.3 Å². The number of benzene rings is 1. The van der Waals surface area contributed by atoms with E-state index in [-0.39, 0.29) is 24.8 Å². The Balaban J connectivity index is 2.32. The molecule has 1 aliphatic heterocycles. The van der Waals surface area contributed by atoms with Crippen LogP contribution in [-0.2, 0) is 4.79 Å². The molecule has 1 aliphatic rings. The van der Waals surface area contributed by atoms with Gasteiger partial charge in [-0.2, -0.15) is 0 Å². The monoisotopic (exact) mass is 220 g/mol. The SMILES string of the molecule is O=C1NC(CCO)C(=O)Nc2ccccc21. The third kappa shape index (κ3) is 1.90. The fourth-order valence-electron chi connectivity index (χ4n) is 1.64. The summed E-state index contributed by atoms with van der Waals surface area (Å²) in [6.45, 7) is -0.144. The molecule has 0 fully saturated rings. The average Bonchev–Trinajstić information content (AvgIpc) is 2.39. The minimum Gasteiger partial charge on any atom is -0.396 e. The Morgan fingerprint density at radius 1 is 1.25 bits per heavy atom. The standard InChI is InChI=1S/C11H12N2O3/c14-6-5-9-11(16)12-8-4-2-1-3-7(8)10(15)13-9/h1-4,9,14H,5-6H2,(H,12,16)(H,13,15). The molecule has 5 nitrogen and oxygen atoms in total. The maximum Gasteiger partial charge on any atom is 0.254 e. The van der Waals surface area contributed by atoms with Crippen molar-refractivity contribution in [3.8, 4) is 0 Å². The van der Waals surface area contributed by atoms with E-state index in [2.05, 4.69) is 10.6 Å². The zero-order chi connectivity index (χ0) is 11.5. The summed E-state index contributed by atoms with van der Waals surface area (Å²) in [7, 11) is 0. The first-order valence-electron chi connectivity index (χ1n) is 5.04. The minimum atomic E-state index is -0.676. The Morgan fingerprint density at radius 3 is 2.75 bits per heavy atom. The molecule has 1 heterocycles. The summed E-state index contributed by atoms with van der Waals surface area (Å²) in [5, 5.41) is 14.0. The summed E-state index contributed by atoms with van der Waals surface area (Å²) in [5.74, 6) is -0.597. The number of para-hydroxylation sites is 1. The van der Waals surface area contributed by atoms with E-state index in [1.807, 2.05) is 0 Å². The molecule has 2 amide bonds. The van der Waals surface area contributed by atoms with E-state index in [1.54, 1.807) is 24.3 Å². The molecule has 1 aromatic carbocycles. The maximum absolute atomic E-state index is 11.8. The minimum absolute atomic E-state index is 0.144. The molecule has 1 atom stereocenters. The van der Waals surface area contributed by atoms with Gasteiger partial charge >= 0.3 is 0 Å². The number of aliphatic hydroxyl groups excluding tert-OH is 1. The Labute approximate surface area is 92.5 Å². The third-order valence-corrected chi connectivity index (χ3v) is 2.47. The van der Waals surface area contributed by atoms with Gasteiger partial charge in [-0.05, 0) is 18.6 Å². The van der Waals surface area contributed by atoms with Crippen molar-refractivity contribution in [2.75, 3.05) is 11.9 Å². The first kappa shape index (κ1) is 10.6. The van der Waals surface area contributed by atoms with Crippen molar-refractivity contribution >= 4 is 17.5 Å². The van der Waals surface area contributed by atoms with E-state index in [0.717, 1.165) is 0 Å². The number of carbonyl (C=O) groups excluding carboxylic acids is 2. The van der Waals surface area contributed by atoms with Crippen LogP contribution in [0.15, 0.2) is 24.3 Å². The summed E-state index contributed by atoms with van der Waals surface area (Å²) in [5.41, 5.74) is 0.946. The molecule has 16 heavy (non-hydrogen) atoms. The summed E-state index contributed by atoms with van der Waals surface area (Å²) in [6, 6.07) is 6.13. The summed E-state index contributed by atoms with van der Waals surface area (Å²) in [6.07, 6.45) is 0.214. The quantitative estimate of drug-likeness (QED) is 0.662. The van der Waals surface area contributed by atoms with Crippen molar-refractivity contribution in [3.63, 3.8) is 0 Å². The van der Waals surface area contributed by atoms with Gasteiger partial charge < -0.3 is 15.7 Å². The summed E-state index contributed by atoms with van der Waals surface area (Å²) >= 11 is 0. The molecule has 5 heteroatoms. The molecule has 0 aromatic heterocycles. The maximum atomic E-state index is 11.8. The second-order valence-electron chi connectivity index (χ2n) is 3.57. The van der Waals surface area contributed by atoms with Crippen LogP contribution in [0.25, 0.3) is 0 Å². The number of fused-ring (bicyclic) bond motifs is 1. The van der Waals surface area contributed by atoms with E-state index in [4.69, 9.17) is 5.11 Å². The number of carbonyl (C=O) groups is 2. The smallest absolute Gasteiger partial charge is 0.254 e. The lowest BCUT2D eigenvalue weighted by Crippen LogP contribution is -2.41. The number of hydrogen-bond acceptors (Lipinski definition) is 3. The molecule has 0 saturated carbocycles. The highest BCUT2D eigenvalue weighted by atomic mass is 16.3. The van der Waals surface area contributed by atoms with E-state index in [0.29, 0.717) is 11.3 Å². The zero-order valence-corrected chi connectivity index (χ0v) is 8.56. The van der Waals surface area contributed by atoms with Crippen LogP contribution in [0, 0.1) is 0 Å². The van der Waals surface area contributed by atoms with Gasteiger partial charge in [0.2, 0.25) is 5.91 Å². The molecule has 2 rings (SSSR count). The van der Waals surface area contributed by atoms with E-state index in [9.17, 15) is 9.59 Å². The lowest BCUT2D eigenvalue weighted by atomic mass is 10.1. The van der Waals surface area contributed by atoms with Crippen LogP contribution in [0.1, 0.15) is 16.8 Å². The summed E-state index contributed by atoms with van der Waals surface area (Å²) in [4.78, 5) is 23.4. The van der Waals surface area contributed by atoms with Crippen LogP contribution in [0.4, 0.5) is 5.69 Å². The number of rotatable bonds is 2. The fraction of sp³-hybridized carbons (Fsp3) is 0.273. The second kappa shape index (κ2) is 4.32. The van der Waals surface area contributed by atoms with Crippen LogP contribution >= 0.6 is 0 Å². The van der Waals surface area contributed by atoms with Gasteiger partial charge in [0.25, 0.3) is 5.91 Å². The lowest BCUT2D eigenvalue weighted by molar-refractivity contribution is -0.118. The molecular formula is C11H12N2O3. The van der Waals surface area contributed by atoms with Crippen molar-refractivity contribution in [2.45, 2.75) is 12.5 Å². The van der Waals surface area contributed by atoms with Crippen LogP contribution in [0.3, 0.4) is 0 Å². The van der Waals surface area contributed by atoms with Gasteiger partial charge in [-0.15, -0.1) is 0 Å². The first-order chi connectivity index (χ1) is 7.72. The molecule has 0 aliphatic carbocycles. The molecular weight excluding hydrogens is 208 g/mol. The number of amides is 2. The largest absolute Gasteiger partial charge is 0.396 e. The van der Waals surface area contributed by atoms with Crippen LogP contribution < -0.4 is 10.6 Å². The second-order valence-corrected chi connectivity index (χ2v) is 3.57. The molecule has 3 N–H and O–H groups in total. The third-order valence-electron chi connectivity index (χ3n) is 2.47. The molecule has 0 spiro atoms. The number of nitrogens with one attached hydrogen (secondary N) is 2. The van der Waals surface area contributed by atoms with Crippen LogP contribution in [0.2, 0.25) is 0 Å². The van der Waals surface area contributed by atoms with Crippen molar-refractivity contribution in [1.29, 1.82) is 0 Å². The van der Waals surface area contributed by atoms with Gasteiger partial charge in [0.15, 0.2) is 0 Å². The average molecular weight is 220 g/mol. The highest BCUT2D eigenvalue weighted by Gasteiger charge is 2.26. The van der Waals surface area contributed by atoms with Gasteiger partial charge in [0, 0.05) is 6.61 Å². The summed E-state index contributed by atoms with van der Waals surface area (Å²) < 4.78 is 0. The molecule has 0 bridgehead atoms. The molecule has 0 radical (unpaired) electrons. The van der Waals surface area contributed by atoms with Crippen molar-refractivity contribution in [3.05, 3.63) is 29.8 Å². The van der Waals surface area contributed by atoms with Crippen molar-refractivity contribution in [1.82, 2.24) is 5.32 Å². The highest BCUT2D eigenvalue weighted by molar-refractivity contribution is 6.09. The van der Waals surface area contributed by atoms with E-state index < -0.39 is 6.04 Å². The number of hydrogen-bond donors (Lipinski definition) is 3. The predicted molar refractivity (Wildman–Crippen MR) is 58.0 cm³/mol. The highest BCUT2D eigenvalue weighted by Crippen LogP contribution is 2.18. The van der Waals surface area contributed by atoms with Gasteiger partial charge in [-0.25, -0.2) is 0 Å². The Hall–Kier alpha value is -1.88.